The molecule has 0 aliphatic heterocycles. The summed E-state index contributed by atoms with van der Waals surface area (Å²) in [5, 5.41) is 13.1. The number of hydrogen-bond donors (Lipinski definition) is 1. The van der Waals surface area contributed by atoms with Crippen molar-refractivity contribution in [1.29, 1.82) is 0 Å². The monoisotopic (exact) mass is 364 g/mol. The van der Waals surface area contributed by atoms with Crippen molar-refractivity contribution in [2.24, 2.45) is 7.05 Å². The summed E-state index contributed by atoms with van der Waals surface area (Å²) in [6, 6.07) is 7.37. The van der Waals surface area contributed by atoms with Gasteiger partial charge < -0.3 is 9.88 Å². The van der Waals surface area contributed by atoms with Gasteiger partial charge in [0.05, 0.1) is 11.5 Å². The molecule has 1 heterocycles. The van der Waals surface area contributed by atoms with Crippen LogP contribution in [0.1, 0.15) is 44.1 Å². The summed E-state index contributed by atoms with van der Waals surface area (Å²) in [5.74, 6) is 1.75. The van der Waals surface area contributed by atoms with Crippen LogP contribution in [-0.4, -0.2) is 26.4 Å². The van der Waals surface area contributed by atoms with Gasteiger partial charge in [-0.1, -0.05) is 42.4 Å². The summed E-state index contributed by atoms with van der Waals surface area (Å²) < 4.78 is 1.95. The predicted octanol–water partition coefficient (Wildman–Crippen LogP) is 3.49. The van der Waals surface area contributed by atoms with E-state index in [0.29, 0.717) is 5.02 Å². The van der Waals surface area contributed by atoms with E-state index in [1.807, 2.05) is 42.8 Å². The number of nitrogens with one attached hydrogen (secondary N) is 1. The van der Waals surface area contributed by atoms with Gasteiger partial charge in [-0.15, -0.1) is 10.2 Å². The molecule has 1 aliphatic carbocycles. The van der Waals surface area contributed by atoms with Gasteiger partial charge in [-0.2, -0.15) is 0 Å². The van der Waals surface area contributed by atoms with Gasteiger partial charge in [0.1, 0.15) is 0 Å². The highest BCUT2D eigenvalue weighted by atomic mass is 35.5. The van der Waals surface area contributed by atoms with Crippen molar-refractivity contribution in [2.75, 3.05) is 5.75 Å². The molecule has 0 spiro atoms. The Bertz CT molecular complexity index is 740. The van der Waals surface area contributed by atoms with Crippen LogP contribution >= 0.6 is 23.4 Å². The van der Waals surface area contributed by atoms with Gasteiger partial charge in [-0.05, 0) is 43.2 Å². The highest BCUT2D eigenvalue weighted by molar-refractivity contribution is 7.99. The topological polar surface area (TPSA) is 59.8 Å². The molecule has 0 bridgehead atoms. The number of aromatic nitrogens is 3. The smallest absolute Gasteiger partial charge is 0.231 e. The molecule has 1 fully saturated rings. The van der Waals surface area contributed by atoms with E-state index in [1.165, 1.54) is 0 Å². The van der Waals surface area contributed by atoms with E-state index >= 15 is 0 Å². The molecule has 1 saturated carbocycles. The van der Waals surface area contributed by atoms with Crippen LogP contribution in [0.2, 0.25) is 5.02 Å². The Kier molecular flexibility index (Phi) is 4.88. The molecule has 128 valence electrons. The zero-order valence-corrected chi connectivity index (χ0v) is 15.6. The van der Waals surface area contributed by atoms with Gasteiger partial charge in [-0.3, -0.25) is 4.79 Å². The van der Waals surface area contributed by atoms with Gasteiger partial charge in [0.15, 0.2) is 11.0 Å². The number of nitrogens with zero attached hydrogens (tertiary/aromatic N) is 3. The van der Waals surface area contributed by atoms with Crippen LogP contribution < -0.4 is 5.32 Å². The van der Waals surface area contributed by atoms with Crippen molar-refractivity contribution in [1.82, 2.24) is 20.1 Å². The number of thioether (sulfide) groups is 1. The minimum atomic E-state index is -0.418. The first-order valence-electron chi connectivity index (χ1n) is 8.07. The minimum absolute atomic E-state index is 0.0463. The van der Waals surface area contributed by atoms with Gasteiger partial charge >= 0.3 is 0 Å². The van der Waals surface area contributed by atoms with Gasteiger partial charge in [0.25, 0.3) is 0 Å². The number of hydrogen-bond acceptors (Lipinski definition) is 4. The Morgan fingerprint density at radius 1 is 1.38 bits per heavy atom. The molecule has 7 heteroatoms. The van der Waals surface area contributed by atoms with Crippen molar-refractivity contribution in [3.8, 4) is 0 Å². The van der Waals surface area contributed by atoms with Crippen LogP contribution in [0.5, 0.6) is 0 Å². The molecule has 1 aromatic heterocycles. The molecule has 1 aliphatic rings. The molecular formula is C17H21ClN4OS. The third kappa shape index (κ3) is 3.17. The second kappa shape index (κ2) is 6.76. The first-order valence-corrected chi connectivity index (χ1v) is 9.43. The second-order valence-corrected chi connectivity index (χ2v) is 7.78. The quantitative estimate of drug-likeness (QED) is 0.797. The van der Waals surface area contributed by atoms with Crippen LogP contribution in [-0.2, 0) is 17.3 Å². The summed E-state index contributed by atoms with van der Waals surface area (Å²) in [7, 11) is 1.93. The van der Waals surface area contributed by atoms with Crippen molar-refractivity contribution in [3.05, 3.63) is 40.7 Å². The Hall–Kier alpha value is -1.53. The van der Waals surface area contributed by atoms with Crippen molar-refractivity contribution in [3.63, 3.8) is 0 Å². The van der Waals surface area contributed by atoms with Gasteiger partial charge in [0, 0.05) is 12.1 Å². The van der Waals surface area contributed by atoms with E-state index in [0.717, 1.165) is 35.1 Å². The standard InChI is InChI=1S/C17H21ClN4OS/c1-4-24-16-21-20-14(22(16)3)11(2)19-15(23)17(9-10-17)12-5-7-13(18)8-6-12/h5-8,11H,4,9-10H2,1-3H3,(H,19,23)/t11-/m1/s1. The minimum Gasteiger partial charge on any atom is -0.346 e. The maximum absolute atomic E-state index is 12.8. The molecule has 3 rings (SSSR count). The lowest BCUT2D eigenvalue weighted by Crippen LogP contribution is -2.37. The van der Waals surface area contributed by atoms with Crippen molar-refractivity contribution in [2.45, 2.75) is 43.3 Å². The van der Waals surface area contributed by atoms with E-state index in [-0.39, 0.29) is 11.9 Å². The van der Waals surface area contributed by atoms with Crippen LogP contribution in [0, 0.1) is 0 Å². The molecule has 1 amide bonds. The Balaban J connectivity index is 1.73. The molecule has 0 saturated heterocycles. The van der Waals surface area contributed by atoms with E-state index in [1.54, 1.807) is 11.8 Å². The lowest BCUT2D eigenvalue weighted by molar-refractivity contribution is -0.124. The molecule has 1 N–H and O–H groups in total. The Morgan fingerprint density at radius 2 is 2.04 bits per heavy atom. The van der Waals surface area contributed by atoms with Crippen molar-refractivity contribution >= 4 is 29.3 Å². The average molecular weight is 365 g/mol. The second-order valence-electron chi connectivity index (χ2n) is 6.12. The van der Waals surface area contributed by atoms with Crippen LogP contribution in [0.4, 0.5) is 0 Å². The van der Waals surface area contributed by atoms with Crippen LogP contribution in [0.25, 0.3) is 0 Å². The molecule has 0 radical (unpaired) electrons. The van der Waals surface area contributed by atoms with E-state index in [2.05, 4.69) is 22.4 Å². The summed E-state index contributed by atoms with van der Waals surface area (Å²) in [6.07, 6.45) is 1.73. The first kappa shape index (κ1) is 17.3. The third-order valence-corrected chi connectivity index (χ3v) is 5.61. The number of halogens is 1. The average Bonchev–Trinajstić information content (AvgIpc) is 3.29. The third-order valence-electron chi connectivity index (χ3n) is 4.46. The molecule has 2 aromatic rings. The fraction of sp³-hybridized carbons (Fsp3) is 0.471. The summed E-state index contributed by atoms with van der Waals surface area (Å²) in [4.78, 5) is 12.8. The first-order chi connectivity index (χ1) is 11.5. The highest BCUT2D eigenvalue weighted by Gasteiger charge is 2.51. The van der Waals surface area contributed by atoms with Crippen LogP contribution in [0.3, 0.4) is 0 Å². The van der Waals surface area contributed by atoms with Gasteiger partial charge in [0.2, 0.25) is 5.91 Å². The molecule has 1 atom stereocenters. The summed E-state index contributed by atoms with van der Waals surface area (Å²) in [5.41, 5.74) is 0.607. The van der Waals surface area contributed by atoms with E-state index < -0.39 is 5.41 Å². The Labute approximate surface area is 151 Å². The molecule has 5 nitrogen and oxygen atoms in total. The lowest BCUT2D eigenvalue weighted by atomic mass is 9.94. The van der Waals surface area contributed by atoms with Crippen molar-refractivity contribution < 1.29 is 4.79 Å². The number of rotatable bonds is 6. The number of carbonyl (C=O) groups excluding carboxylic acids is 1. The maximum atomic E-state index is 12.8. The van der Waals surface area contributed by atoms with Gasteiger partial charge in [-0.25, -0.2) is 0 Å². The zero-order valence-electron chi connectivity index (χ0n) is 14.0. The lowest BCUT2D eigenvalue weighted by Gasteiger charge is -2.19. The van der Waals surface area contributed by atoms with E-state index in [4.69, 9.17) is 11.6 Å². The zero-order chi connectivity index (χ0) is 17.3. The largest absolute Gasteiger partial charge is 0.346 e. The summed E-state index contributed by atoms with van der Waals surface area (Å²) in [6.45, 7) is 4.02. The summed E-state index contributed by atoms with van der Waals surface area (Å²) >= 11 is 7.59. The maximum Gasteiger partial charge on any atom is 0.231 e. The fourth-order valence-electron chi connectivity index (χ4n) is 2.90. The van der Waals surface area contributed by atoms with Crippen LogP contribution in [0.15, 0.2) is 29.4 Å². The normalized spacial score (nSPS) is 16.7. The predicted molar refractivity (Wildman–Crippen MR) is 96.3 cm³/mol. The van der Waals surface area contributed by atoms with E-state index in [9.17, 15) is 4.79 Å². The molecule has 1 aromatic carbocycles. The number of amides is 1. The fourth-order valence-corrected chi connectivity index (χ4v) is 3.67. The number of carbonyl (C=O) groups is 1. The number of benzene rings is 1. The molecule has 24 heavy (non-hydrogen) atoms. The SMILES string of the molecule is CCSc1nnc([C@@H](C)NC(=O)C2(c3ccc(Cl)cc3)CC2)n1C. The molecule has 0 unspecified atom stereocenters. The Morgan fingerprint density at radius 3 is 2.62 bits per heavy atom. The molecular weight excluding hydrogens is 344 g/mol. The highest BCUT2D eigenvalue weighted by Crippen LogP contribution is 2.48.